The zero-order valence-electron chi connectivity index (χ0n) is 8.33. The van der Waals surface area contributed by atoms with Crippen LogP contribution in [0.3, 0.4) is 0 Å². The molecule has 4 heteroatoms. The van der Waals surface area contributed by atoms with Gasteiger partial charge in [0.2, 0.25) is 0 Å². The van der Waals surface area contributed by atoms with E-state index in [4.69, 9.17) is 8.83 Å². The number of rotatable bonds is 2. The fraction of sp³-hybridized carbons (Fsp3) is 0. The molecule has 0 bridgehead atoms. The predicted molar refractivity (Wildman–Crippen MR) is 57.4 cm³/mol. The number of hydrogen-bond donors (Lipinski definition) is 0. The van der Waals surface area contributed by atoms with Crippen molar-refractivity contribution in [1.29, 1.82) is 0 Å². The molecule has 0 amide bonds. The van der Waals surface area contributed by atoms with Crippen LogP contribution in [0.2, 0.25) is 0 Å². The molecule has 0 aliphatic rings. The maximum absolute atomic E-state index is 5.27. The fourth-order valence-corrected chi connectivity index (χ4v) is 1.44. The predicted octanol–water partition coefficient (Wildman–Crippen LogP) is 3.00. The van der Waals surface area contributed by atoms with Crippen molar-refractivity contribution in [2.75, 3.05) is 0 Å². The maximum atomic E-state index is 5.27. The van der Waals surface area contributed by atoms with Gasteiger partial charge in [-0.05, 0) is 30.3 Å². The molecular formula is C12H8N2O2. The van der Waals surface area contributed by atoms with Gasteiger partial charge in [0.1, 0.15) is 5.69 Å². The third kappa shape index (κ3) is 1.50. The molecule has 0 aliphatic carbocycles. The molecule has 78 valence electrons. The molecule has 0 N–H and O–H groups in total. The second-order valence-corrected chi connectivity index (χ2v) is 3.22. The van der Waals surface area contributed by atoms with Gasteiger partial charge in [-0.15, -0.1) is 0 Å². The Hall–Kier alpha value is -2.36. The molecule has 0 fully saturated rings. The van der Waals surface area contributed by atoms with Crippen molar-refractivity contribution in [3.8, 4) is 23.0 Å². The molecule has 4 nitrogen and oxygen atoms in total. The van der Waals surface area contributed by atoms with E-state index >= 15 is 0 Å². The second kappa shape index (κ2) is 3.66. The monoisotopic (exact) mass is 212 g/mol. The molecule has 3 aromatic rings. The highest BCUT2D eigenvalue weighted by atomic mass is 16.3. The summed E-state index contributed by atoms with van der Waals surface area (Å²) in [6.45, 7) is 0. The summed E-state index contributed by atoms with van der Waals surface area (Å²) in [7, 11) is 0. The zero-order chi connectivity index (χ0) is 10.8. The van der Waals surface area contributed by atoms with Gasteiger partial charge in [-0.3, -0.25) is 0 Å². The van der Waals surface area contributed by atoms with Crippen molar-refractivity contribution in [3.05, 3.63) is 49.1 Å². The van der Waals surface area contributed by atoms with Gasteiger partial charge >= 0.3 is 0 Å². The first kappa shape index (κ1) is 8.91. The minimum absolute atomic E-state index is 0.555. The van der Waals surface area contributed by atoms with Crippen molar-refractivity contribution in [2.24, 2.45) is 0 Å². The molecule has 0 saturated carbocycles. The van der Waals surface area contributed by atoms with Gasteiger partial charge in [0.15, 0.2) is 17.3 Å². The molecule has 0 radical (unpaired) electrons. The van der Waals surface area contributed by atoms with E-state index in [0.29, 0.717) is 11.6 Å². The summed E-state index contributed by atoms with van der Waals surface area (Å²) >= 11 is 0. The van der Waals surface area contributed by atoms with Crippen LogP contribution in [0.5, 0.6) is 0 Å². The quantitative estimate of drug-likeness (QED) is 0.655. The van der Waals surface area contributed by atoms with Crippen LogP contribution in [0.4, 0.5) is 0 Å². The number of hydrogen-bond acceptors (Lipinski definition) is 4. The Kier molecular flexibility index (Phi) is 2.04. The van der Waals surface area contributed by atoms with E-state index < -0.39 is 0 Å². The lowest BCUT2D eigenvalue weighted by molar-refractivity contribution is 0.573. The molecule has 0 aliphatic heterocycles. The highest BCUT2D eigenvalue weighted by Gasteiger charge is 2.07. The third-order valence-electron chi connectivity index (χ3n) is 2.17. The summed E-state index contributed by atoms with van der Waals surface area (Å²) < 4.78 is 10.5. The van der Waals surface area contributed by atoms with E-state index in [1.807, 2.05) is 18.2 Å². The average molecular weight is 212 g/mol. The lowest BCUT2D eigenvalue weighted by atomic mass is 10.3. The van der Waals surface area contributed by atoms with Crippen molar-refractivity contribution in [3.63, 3.8) is 0 Å². The van der Waals surface area contributed by atoms with Crippen LogP contribution in [0.15, 0.2) is 57.9 Å². The van der Waals surface area contributed by atoms with Crippen LogP contribution >= 0.6 is 0 Å². The van der Waals surface area contributed by atoms with Gasteiger partial charge in [0.25, 0.3) is 0 Å². The number of nitrogens with zero attached hydrogens (tertiary/aromatic N) is 2. The smallest absolute Gasteiger partial charge is 0.196 e. The summed E-state index contributed by atoms with van der Waals surface area (Å²) in [6.07, 6.45) is 4.89. The van der Waals surface area contributed by atoms with Crippen molar-refractivity contribution in [2.45, 2.75) is 0 Å². The molecule has 0 aromatic carbocycles. The first-order valence-corrected chi connectivity index (χ1v) is 4.84. The minimum Gasteiger partial charge on any atom is -0.463 e. The van der Waals surface area contributed by atoms with Gasteiger partial charge in [-0.2, -0.15) is 0 Å². The van der Waals surface area contributed by atoms with Crippen LogP contribution in [-0.4, -0.2) is 9.97 Å². The first-order valence-electron chi connectivity index (χ1n) is 4.84. The standard InChI is InChI=1S/C12H8N2O2/c1-3-10(15-7-1)9-5-6-13-12(14-9)11-4-2-8-16-11/h1-8H. The van der Waals surface area contributed by atoms with E-state index in [9.17, 15) is 0 Å². The Morgan fingerprint density at radius 3 is 2.31 bits per heavy atom. The summed E-state index contributed by atoms with van der Waals surface area (Å²) in [4.78, 5) is 8.50. The second-order valence-electron chi connectivity index (χ2n) is 3.22. The summed E-state index contributed by atoms with van der Waals surface area (Å²) in [5.41, 5.74) is 0.742. The molecule has 3 heterocycles. The van der Waals surface area contributed by atoms with E-state index in [1.54, 1.807) is 30.9 Å². The van der Waals surface area contributed by atoms with Gasteiger partial charge < -0.3 is 8.83 Å². The topological polar surface area (TPSA) is 52.1 Å². The Bertz CT molecular complexity index is 521. The highest BCUT2D eigenvalue weighted by molar-refractivity contribution is 5.56. The van der Waals surface area contributed by atoms with Crippen LogP contribution in [-0.2, 0) is 0 Å². The largest absolute Gasteiger partial charge is 0.463 e. The Morgan fingerprint density at radius 1 is 0.875 bits per heavy atom. The lowest BCUT2D eigenvalue weighted by Gasteiger charge is -1.98. The molecule has 0 unspecified atom stereocenters. The molecule has 0 spiro atoms. The fourth-order valence-electron chi connectivity index (χ4n) is 1.44. The zero-order valence-corrected chi connectivity index (χ0v) is 8.33. The Morgan fingerprint density at radius 2 is 1.62 bits per heavy atom. The normalized spacial score (nSPS) is 10.5. The van der Waals surface area contributed by atoms with E-state index in [2.05, 4.69) is 9.97 Å². The van der Waals surface area contributed by atoms with E-state index in [-0.39, 0.29) is 0 Å². The molecule has 3 rings (SSSR count). The van der Waals surface area contributed by atoms with E-state index in [0.717, 1.165) is 11.5 Å². The van der Waals surface area contributed by atoms with Gasteiger partial charge in [0, 0.05) is 6.20 Å². The lowest BCUT2D eigenvalue weighted by Crippen LogP contribution is -1.89. The number of aromatic nitrogens is 2. The van der Waals surface area contributed by atoms with Crippen LogP contribution in [0, 0.1) is 0 Å². The Labute approximate surface area is 91.6 Å². The highest BCUT2D eigenvalue weighted by Crippen LogP contribution is 2.20. The third-order valence-corrected chi connectivity index (χ3v) is 2.17. The van der Waals surface area contributed by atoms with Crippen molar-refractivity contribution < 1.29 is 8.83 Å². The van der Waals surface area contributed by atoms with E-state index in [1.165, 1.54) is 0 Å². The molecule has 0 saturated heterocycles. The maximum Gasteiger partial charge on any atom is 0.196 e. The summed E-state index contributed by atoms with van der Waals surface area (Å²) in [6, 6.07) is 9.10. The van der Waals surface area contributed by atoms with Crippen molar-refractivity contribution in [1.82, 2.24) is 9.97 Å². The van der Waals surface area contributed by atoms with Gasteiger partial charge in [-0.1, -0.05) is 0 Å². The van der Waals surface area contributed by atoms with Crippen molar-refractivity contribution >= 4 is 0 Å². The SMILES string of the molecule is c1coc(-c2ccnc(-c3ccco3)n2)c1. The molecular weight excluding hydrogens is 204 g/mol. The molecule has 0 atom stereocenters. The van der Waals surface area contributed by atoms with Crippen LogP contribution in [0.25, 0.3) is 23.0 Å². The summed E-state index contributed by atoms with van der Waals surface area (Å²) in [5, 5.41) is 0. The summed E-state index contributed by atoms with van der Waals surface area (Å²) in [5.74, 6) is 1.92. The molecule has 16 heavy (non-hydrogen) atoms. The van der Waals surface area contributed by atoms with Crippen LogP contribution < -0.4 is 0 Å². The van der Waals surface area contributed by atoms with Gasteiger partial charge in [0.05, 0.1) is 12.5 Å². The minimum atomic E-state index is 0.555. The molecule has 3 aromatic heterocycles. The first-order chi connectivity index (χ1) is 7.93. The average Bonchev–Trinajstić information content (AvgIpc) is 3.03. The number of furan rings is 2. The Balaban J connectivity index is 2.07. The van der Waals surface area contributed by atoms with Gasteiger partial charge in [-0.25, -0.2) is 9.97 Å². The van der Waals surface area contributed by atoms with Crippen LogP contribution in [0.1, 0.15) is 0 Å².